The Morgan fingerprint density at radius 3 is 2.32 bits per heavy atom. The lowest BCUT2D eigenvalue weighted by molar-refractivity contribution is -0.318. The number of aryl methyl sites for hydroxylation is 1. The van der Waals surface area contributed by atoms with Crippen LogP contribution in [0.1, 0.15) is 51.7 Å². The molecule has 10 nitrogen and oxygen atoms in total. The lowest BCUT2D eigenvalue weighted by Crippen LogP contribution is -2.59. The monoisotopic (exact) mass is 442 g/mol. The maximum Gasteiger partial charge on any atom is 0.187 e. The largest absolute Gasteiger partial charge is 0.395 e. The van der Waals surface area contributed by atoms with Gasteiger partial charge < -0.3 is 45.2 Å². The number of ether oxygens (including phenoxy) is 2. The van der Waals surface area contributed by atoms with Gasteiger partial charge in [0.15, 0.2) is 12.1 Å². The SMILES string of the molecule is Cc1cc2c(c(C)c1C(O)CO)C(=O)C(C)(CO)C2OC1OC(CO)C(O)C(O)C1O. The first-order valence-electron chi connectivity index (χ1n) is 10.1. The smallest absolute Gasteiger partial charge is 0.187 e. The molecule has 8 unspecified atom stereocenters. The minimum Gasteiger partial charge on any atom is -0.395 e. The normalized spacial score (nSPS) is 36.5. The van der Waals surface area contributed by atoms with Gasteiger partial charge in [0.25, 0.3) is 0 Å². The average Bonchev–Trinajstić information content (AvgIpc) is 2.95. The highest BCUT2D eigenvalue weighted by Gasteiger charge is 2.54. The molecule has 1 fully saturated rings. The van der Waals surface area contributed by atoms with E-state index < -0.39 is 73.9 Å². The topological polar surface area (TPSA) is 177 Å². The molecule has 10 heteroatoms. The van der Waals surface area contributed by atoms with Crippen molar-refractivity contribution >= 4 is 5.78 Å². The van der Waals surface area contributed by atoms with Crippen LogP contribution >= 0.6 is 0 Å². The van der Waals surface area contributed by atoms with Crippen LogP contribution in [0.4, 0.5) is 0 Å². The van der Waals surface area contributed by atoms with E-state index in [0.717, 1.165) is 0 Å². The first-order chi connectivity index (χ1) is 14.5. The lowest BCUT2D eigenvalue weighted by atomic mass is 9.84. The Hall–Kier alpha value is -1.47. The van der Waals surface area contributed by atoms with E-state index in [9.17, 15) is 40.5 Å². The molecule has 8 atom stereocenters. The molecular formula is C21H30O10. The van der Waals surface area contributed by atoms with Crippen LogP contribution in [0, 0.1) is 19.3 Å². The highest BCUT2D eigenvalue weighted by atomic mass is 16.7. The van der Waals surface area contributed by atoms with E-state index in [0.29, 0.717) is 22.3 Å². The van der Waals surface area contributed by atoms with Gasteiger partial charge in [-0.25, -0.2) is 0 Å². The van der Waals surface area contributed by atoms with Crippen LogP contribution in [0.25, 0.3) is 0 Å². The molecule has 1 aromatic rings. The molecule has 1 aliphatic carbocycles. The second-order valence-corrected chi connectivity index (χ2v) is 8.51. The van der Waals surface area contributed by atoms with Crippen LogP contribution in [-0.4, -0.2) is 92.1 Å². The van der Waals surface area contributed by atoms with Gasteiger partial charge in [0, 0.05) is 5.56 Å². The number of aliphatic hydroxyl groups is 7. The minimum absolute atomic E-state index is 0.235. The number of benzene rings is 1. The highest BCUT2D eigenvalue weighted by Crippen LogP contribution is 2.51. The molecule has 2 aliphatic rings. The molecule has 1 aromatic carbocycles. The lowest BCUT2D eigenvalue weighted by Gasteiger charge is -2.42. The van der Waals surface area contributed by atoms with Crippen molar-refractivity contribution in [3.63, 3.8) is 0 Å². The first kappa shape index (κ1) is 24.2. The van der Waals surface area contributed by atoms with Gasteiger partial charge in [0.1, 0.15) is 36.6 Å². The quantitative estimate of drug-likeness (QED) is 0.271. The van der Waals surface area contributed by atoms with E-state index in [1.54, 1.807) is 19.9 Å². The molecule has 7 N–H and O–H groups in total. The maximum atomic E-state index is 13.3. The number of hydrogen-bond donors (Lipinski definition) is 7. The number of Topliss-reactive ketones (excluding diaryl/α,β-unsaturated/α-hetero) is 1. The maximum absolute atomic E-state index is 13.3. The zero-order chi connectivity index (χ0) is 23.2. The van der Waals surface area contributed by atoms with E-state index >= 15 is 0 Å². The fourth-order valence-electron chi connectivity index (χ4n) is 4.58. The fraction of sp³-hybridized carbons (Fsp3) is 0.667. The van der Waals surface area contributed by atoms with Crippen LogP contribution < -0.4 is 0 Å². The van der Waals surface area contributed by atoms with Crippen LogP contribution in [0.3, 0.4) is 0 Å². The predicted molar refractivity (Wildman–Crippen MR) is 105 cm³/mol. The zero-order valence-electron chi connectivity index (χ0n) is 17.6. The summed E-state index contributed by atoms with van der Waals surface area (Å²) in [4.78, 5) is 13.3. The Morgan fingerprint density at radius 1 is 1.13 bits per heavy atom. The summed E-state index contributed by atoms with van der Waals surface area (Å²) >= 11 is 0. The molecule has 0 spiro atoms. The zero-order valence-corrected chi connectivity index (χ0v) is 17.6. The molecule has 0 aromatic heterocycles. The van der Waals surface area contributed by atoms with Gasteiger partial charge >= 0.3 is 0 Å². The summed E-state index contributed by atoms with van der Waals surface area (Å²) in [7, 11) is 0. The summed E-state index contributed by atoms with van der Waals surface area (Å²) in [5.41, 5.74) is 0.627. The van der Waals surface area contributed by atoms with Crippen LogP contribution in [-0.2, 0) is 9.47 Å². The highest BCUT2D eigenvalue weighted by molar-refractivity contribution is 6.07. The van der Waals surface area contributed by atoms with Crippen molar-refractivity contribution in [2.75, 3.05) is 19.8 Å². The summed E-state index contributed by atoms with van der Waals surface area (Å²) in [6, 6.07) is 1.62. The van der Waals surface area contributed by atoms with E-state index in [-0.39, 0.29) is 5.56 Å². The fourth-order valence-corrected chi connectivity index (χ4v) is 4.58. The number of rotatable bonds is 6. The molecular weight excluding hydrogens is 412 g/mol. The minimum atomic E-state index is -1.67. The predicted octanol–water partition coefficient (Wildman–Crippen LogP) is -1.62. The number of carbonyl (C=O) groups is 1. The summed E-state index contributed by atoms with van der Waals surface area (Å²) in [6.07, 6.45) is -9.84. The van der Waals surface area contributed by atoms with Crippen molar-refractivity contribution < 1.29 is 50.0 Å². The molecule has 1 heterocycles. The summed E-state index contributed by atoms with van der Waals surface area (Å²) < 4.78 is 11.3. The van der Waals surface area contributed by atoms with Crippen molar-refractivity contribution in [1.82, 2.24) is 0 Å². The second-order valence-electron chi connectivity index (χ2n) is 8.51. The van der Waals surface area contributed by atoms with Crippen LogP contribution in [0.5, 0.6) is 0 Å². The van der Waals surface area contributed by atoms with Gasteiger partial charge in [-0.2, -0.15) is 0 Å². The molecule has 0 radical (unpaired) electrons. The van der Waals surface area contributed by atoms with E-state index in [2.05, 4.69) is 0 Å². The van der Waals surface area contributed by atoms with E-state index in [4.69, 9.17) is 9.47 Å². The molecule has 1 aliphatic heterocycles. The van der Waals surface area contributed by atoms with Crippen molar-refractivity contribution in [3.8, 4) is 0 Å². The van der Waals surface area contributed by atoms with Gasteiger partial charge in [0.2, 0.25) is 0 Å². The molecule has 174 valence electrons. The first-order valence-corrected chi connectivity index (χ1v) is 10.1. The third kappa shape index (κ3) is 3.71. The Bertz CT molecular complexity index is 840. The van der Waals surface area contributed by atoms with Gasteiger partial charge in [-0.15, -0.1) is 0 Å². The summed E-state index contributed by atoms with van der Waals surface area (Å²) in [6.45, 7) is 3.05. The number of aliphatic hydroxyl groups excluding tert-OH is 7. The third-order valence-electron chi connectivity index (χ3n) is 6.42. The molecule has 31 heavy (non-hydrogen) atoms. The number of ketones is 1. The van der Waals surface area contributed by atoms with Gasteiger partial charge in [0.05, 0.1) is 25.2 Å². The summed E-state index contributed by atoms with van der Waals surface area (Å²) in [5, 5.41) is 69.4. The molecule has 1 saturated heterocycles. The standard InChI is InChI=1S/C21H30O10/c1-8-4-10-14(9(2)13(8)11(25)5-22)18(29)21(3,7-24)19(10)31-20-17(28)16(27)15(26)12(6-23)30-20/h4,11-12,15-17,19-20,22-28H,5-7H2,1-3H3. The Morgan fingerprint density at radius 2 is 1.77 bits per heavy atom. The Balaban J connectivity index is 2.06. The van der Waals surface area contributed by atoms with E-state index in [1.165, 1.54) is 6.92 Å². The van der Waals surface area contributed by atoms with Crippen molar-refractivity contribution in [2.24, 2.45) is 5.41 Å². The second kappa shape index (κ2) is 8.81. The number of fused-ring (bicyclic) bond motifs is 1. The van der Waals surface area contributed by atoms with Gasteiger partial charge in [-0.3, -0.25) is 4.79 Å². The van der Waals surface area contributed by atoms with Gasteiger partial charge in [-0.05, 0) is 43.0 Å². The third-order valence-corrected chi connectivity index (χ3v) is 6.42. The molecule has 0 bridgehead atoms. The average molecular weight is 442 g/mol. The Labute approximate surface area is 179 Å². The van der Waals surface area contributed by atoms with Gasteiger partial charge in [-0.1, -0.05) is 6.07 Å². The Kier molecular flexibility index (Phi) is 6.87. The van der Waals surface area contributed by atoms with E-state index in [1.807, 2.05) is 0 Å². The molecule has 0 amide bonds. The number of carbonyl (C=O) groups excluding carboxylic acids is 1. The van der Waals surface area contributed by atoms with Crippen LogP contribution in [0.15, 0.2) is 6.07 Å². The van der Waals surface area contributed by atoms with Crippen molar-refractivity contribution in [2.45, 2.75) is 63.7 Å². The van der Waals surface area contributed by atoms with Crippen molar-refractivity contribution in [1.29, 1.82) is 0 Å². The van der Waals surface area contributed by atoms with Crippen molar-refractivity contribution in [3.05, 3.63) is 33.9 Å². The van der Waals surface area contributed by atoms with Crippen LogP contribution in [0.2, 0.25) is 0 Å². The number of hydrogen-bond acceptors (Lipinski definition) is 10. The summed E-state index contributed by atoms with van der Waals surface area (Å²) in [5.74, 6) is -0.441. The molecule has 0 saturated carbocycles. The molecule has 3 rings (SSSR count).